The van der Waals surface area contributed by atoms with Crippen molar-refractivity contribution in [3.05, 3.63) is 104 Å². The average molecular weight is 584 g/mol. The number of benzene rings is 3. The second-order valence-electron chi connectivity index (χ2n) is 11.2. The third-order valence-electron chi connectivity index (χ3n) is 8.67. The lowest BCUT2D eigenvalue weighted by Gasteiger charge is -2.36. The smallest absolute Gasteiger partial charge is 0.262 e. The van der Waals surface area contributed by atoms with Crippen LogP contribution in [0.5, 0.6) is 0 Å². The first-order valence-electron chi connectivity index (χ1n) is 14.5. The lowest BCUT2D eigenvalue weighted by Crippen LogP contribution is -2.47. The van der Waals surface area contributed by atoms with E-state index < -0.39 is 0 Å². The molecule has 41 heavy (non-hydrogen) atoms. The van der Waals surface area contributed by atoms with E-state index in [0.29, 0.717) is 6.54 Å². The van der Waals surface area contributed by atoms with Crippen LogP contribution in [0.3, 0.4) is 0 Å². The van der Waals surface area contributed by atoms with Crippen molar-refractivity contribution in [2.24, 2.45) is 0 Å². The molecule has 7 rings (SSSR count). The molecule has 1 saturated heterocycles. The summed E-state index contributed by atoms with van der Waals surface area (Å²) in [6.07, 6.45) is 3.67. The van der Waals surface area contributed by atoms with Gasteiger partial charge in [0.25, 0.3) is 5.56 Å². The van der Waals surface area contributed by atoms with E-state index in [1.54, 1.807) is 17.7 Å². The van der Waals surface area contributed by atoms with Gasteiger partial charge in [-0.05, 0) is 47.6 Å². The predicted octanol–water partition coefficient (Wildman–Crippen LogP) is 5.69. The second-order valence-corrected chi connectivity index (χ2v) is 12.7. The van der Waals surface area contributed by atoms with Crippen LogP contribution >= 0.6 is 22.9 Å². The van der Waals surface area contributed by atoms with Gasteiger partial charge in [0.1, 0.15) is 4.83 Å². The van der Waals surface area contributed by atoms with Crippen LogP contribution < -0.4 is 10.5 Å². The summed E-state index contributed by atoms with van der Waals surface area (Å²) < 4.78 is 1.83. The van der Waals surface area contributed by atoms with Gasteiger partial charge in [0.2, 0.25) is 0 Å². The predicted molar refractivity (Wildman–Crippen MR) is 171 cm³/mol. The van der Waals surface area contributed by atoms with Crippen molar-refractivity contribution in [2.45, 2.75) is 25.9 Å². The standard InChI is InChI=1S/C33H34ClN5OS/c34-26-10-8-24(9-11-26)12-14-37-15-13-28-30(22-37)41-32-31(28)33(40)39(23-35-32)21-18-36-16-19-38(20-17-36)29-7-3-5-25-4-1-2-6-27(25)29/h1-11,23H,12-22H2. The normalized spacial score (nSPS) is 16.5. The van der Waals surface area contributed by atoms with Crippen molar-refractivity contribution >= 4 is 49.6 Å². The first-order chi connectivity index (χ1) is 20.1. The molecule has 0 spiro atoms. The number of thiophene rings is 1. The number of piperazine rings is 1. The molecule has 0 atom stereocenters. The molecule has 0 bridgehead atoms. The molecule has 2 aliphatic heterocycles. The van der Waals surface area contributed by atoms with Crippen LogP contribution in [0.25, 0.3) is 21.0 Å². The summed E-state index contributed by atoms with van der Waals surface area (Å²) in [4.78, 5) is 28.0. The number of halogens is 1. The molecular weight excluding hydrogens is 550 g/mol. The van der Waals surface area contributed by atoms with E-state index in [-0.39, 0.29) is 5.56 Å². The zero-order valence-electron chi connectivity index (χ0n) is 23.1. The van der Waals surface area contributed by atoms with Crippen LogP contribution in [-0.2, 0) is 25.9 Å². The number of hydrogen-bond donors (Lipinski definition) is 0. The number of anilines is 1. The van der Waals surface area contributed by atoms with Gasteiger partial charge in [-0.3, -0.25) is 19.2 Å². The Hall–Kier alpha value is -3.23. The van der Waals surface area contributed by atoms with Crippen LogP contribution in [0.1, 0.15) is 16.0 Å². The lowest BCUT2D eigenvalue weighted by atomic mass is 10.0. The van der Waals surface area contributed by atoms with Crippen LogP contribution in [0.2, 0.25) is 5.02 Å². The Kier molecular flexibility index (Phi) is 7.52. The number of rotatable bonds is 7. The Labute approximate surface area is 249 Å². The Balaban J connectivity index is 0.980. The Morgan fingerprint density at radius 2 is 1.63 bits per heavy atom. The zero-order valence-corrected chi connectivity index (χ0v) is 24.7. The molecule has 5 aromatic rings. The highest BCUT2D eigenvalue weighted by molar-refractivity contribution is 7.18. The highest BCUT2D eigenvalue weighted by Gasteiger charge is 2.24. The Bertz CT molecular complexity index is 1730. The molecule has 210 valence electrons. The maximum atomic E-state index is 13.6. The van der Waals surface area contributed by atoms with Crippen molar-refractivity contribution in [3.8, 4) is 0 Å². The molecule has 0 unspecified atom stereocenters. The molecule has 0 saturated carbocycles. The summed E-state index contributed by atoms with van der Waals surface area (Å²) in [7, 11) is 0. The number of aromatic nitrogens is 2. The highest BCUT2D eigenvalue weighted by Crippen LogP contribution is 2.32. The molecule has 0 N–H and O–H groups in total. The largest absolute Gasteiger partial charge is 0.368 e. The van der Waals surface area contributed by atoms with Gasteiger partial charge in [-0.25, -0.2) is 4.98 Å². The van der Waals surface area contributed by atoms with Crippen molar-refractivity contribution in [2.75, 3.05) is 50.7 Å². The monoisotopic (exact) mass is 583 g/mol. The molecule has 8 heteroatoms. The summed E-state index contributed by atoms with van der Waals surface area (Å²) in [6.45, 7) is 8.38. The molecule has 1 fully saturated rings. The molecule has 4 heterocycles. The summed E-state index contributed by atoms with van der Waals surface area (Å²) >= 11 is 7.73. The van der Waals surface area contributed by atoms with Gasteiger partial charge >= 0.3 is 0 Å². The van der Waals surface area contributed by atoms with Crippen LogP contribution in [-0.4, -0.2) is 65.2 Å². The average Bonchev–Trinajstić information content (AvgIpc) is 3.39. The van der Waals surface area contributed by atoms with E-state index in [4.69, 9.17) is 16.6 Å². The van der Waals surface area contributed by atoms with Gasteiger partial charge in [0.15, 0.2) is 0 Å². The summed E-state index contributed by atoms with van der Waals surface area (Å²) in [5.41, 5.74) is 3.97. The minimum atomic E-state index is 0.122. The van der Waals surface area contributed by atoms with Crippen LogP contribution in [0.4, 0.5) is 5.69 Å². The third kappa shape index (κ3) is 5.52. The number of nitrogens with zero attached hydrogens (tertiary/aromatic N) is 5. The van der Waals surface area contributed by atoms with Crippen molar-refractivity contribution < 1.29 is 0 Å². The molecule has 6 nitrogen and oxygen atoms in total. The van der Waals surface area contributed by atoms with Gasteiger partial charge in [-0.15, -0.1) is 11.3 Å². The fourth-order valence-corrected chi connectivity index (χ4v) is 7.65. The molecule has 0 amide bonds. The van der Waals surface area contributed by atoms with Crippen molar-refractivity contribution in [3.63, 3.8) is 0 Å². The first kappa shape index (κ1) is 26.7. The maximum Gasteiger partial charge on any atom is 0.262 e. The third-order valence-corrected chi connectivity index (χ3v) is 10.0. The fourth-order valence-electron chi connectivity index (χ4n) is 6.31. The minimum absolute atomic E-state index is 0.122. The topological polar surface area (TPSA) is 44.6 Å². The molecule has 3 aromatic carbocycles. The fraction of sp³-hybridized carbons (Fsp3) is 0.333. The van der Waals surface area contributed by atoms with Crippen molar-refractivity contribution in [1.82, 2.24) is 19.4 Å². The van der Waals surface area contributed by atoms with Crippen molar-refractivity contribution in [1.29, 1.82) is 0 Å². The van der Waals surface area contributed by atoms with Gasteiger partial charge in [-0.1, -0.05) is 60.1 Å². The summed E-state index contributed by atoms with van der Waals surface area (Å²) in [5, 5.41) is 4.24. The number of fused-ring (bicyclic) bond motifs is 4. The highest BCUT2D eigenvalue weighted by atomic mass is 35.5. The van der Waals surface area contributed by atoms with Gasteiger partial charge in [0.05, 0.1) is 11.7 Å². The molecule has 2 aliphatic rings. The van der Waals surface area contributed by atoms with E-state index in [1.807, 2.05) is 16.7 Å². The van der Waals surface area contributed by atoms with E-state index in [0.717, 1.165) is 80.4 Å². The summed E-state index contributed by atoms with van der Waals surface area (Å²) in [6, 6.07) is 23.3. The van der Waals surface area contributed by atoms with E-state index in [2.05, 4.69) is 69.3 Å². The maximum absolute atomic E-state index is 13.6. The quantitative estimate of drug-likeness (QED) is 0.246. The van der Waals surface area contributed by atoms with E-state index >= 15 is 0 Å². The summed E-state index contributed by atoms with van der Waals surface area (Å²) in [5.74, 6) is 0. The molecule has 2 aromatic heterocycles. The number of hydrogen-bond acceptors (Lipinski definition) is 6. The first-order valence-corrected chi connectivity index (χ1v) is 15.7. The van der Waals surface area contributed by atoms with E-state index in [1.165, 1.54) is 32.5 Å². The lowest BCUT2D eigenvalue weighted by molar-refractivity contribution is 0.247. The molecule has 0 aliphatic carbocycles. The van der Waals surface area contributed by atoms with E-state index in [9.17, 15) is 4.79 Å². The van der Waals surface area contributed by atoms with Gasteiger partial charge in [-0.2, -0.15) is 0 Å². The van der Waals surface area contributed by atoms with Gasteiger partial charge in [0, 0.05) is 79.9 Å². The Morgan fingerprint density at radius 1 is 0.829 bits per heavy atom. The van der Waals surface area contributed by atoms with Gasteiger partial charge < -0.3 is 4.90 Å². The molecule has 0 radical (unpaired) electrons. The SMILES string of the molecule is O=c1c2c3c(sc2ncn1CCN1CCN(c2cccc4ccccc24)CC1)CN(CCc1ccc(Cl)cc1)CC3. The zero-order chi connectivity index (χ0) is 27.8. The van der Waals surface area contributed by atoms with Crippen LogP contribution in [0.15, 0.2) is 77.9 Å². The second kappa shape index (κ2) is 11.6. The van der Waals surface area contributed by atoms with Crippen LogP contribution in [0, 0.1) is 0 Å². The minimum Gasteiger partial charge on any atom is -0.368 e. The Morgan fingerprint density at radius 3 is 2.49 bits per heavy atom. The molecular formula is C33H34ClN5OS.